The second kappa shape index (κ2) is 11.6. The molecule has 0 aromatic carbocycles. The molecule has 0 bridgehead atoms. The molecule has 21 nitrogen and oxygen atoms in total. The molecule has 0 spiro atoms. The highest BCUT2D eigenvalue weighted by Crippen LogP contribution is 2.34. The molecule has 5 aromatic rings. The van der Waals surface area contributed by atoms with Gasteiger partial charge in [-0.05, 0) is 13.8 Å². The van der Waals surface area contributed by atoms with E-state index in [0.717, 1.165) is 0 Å². The van der Waals surface area contributed by atoms with E-state index in [9.17, 15) is 14.7 Å². The van der Waals surface area contributed by atoms with Crippen molar-refractivity contribution in [3.8, 4) is 17.6 Å². The fraction of sp³-hybridized carbons (Fsp3) is 0.250. The quantitative estimate of drug-likeness (QED) is 0.166. The van der Waals surface area contributed by atoms with Crippen LogP contribution in [0.4, 0.5) is 34.6 Å². The van der Waals surface area contributed by atoms with Gasteiger partial charge in [-0.15, -0.1) is 20.5 Å². The molecule has 5 N–H and O–H groups in total. The fourth-order valence-electron chi connectivity index (χ4n) is 4.10. The summed E-state index contributed by atoms with van der Waals surface area (Å²) >= 11 is 0. The SMILES string of the molecule is COC(=O)c1cnn(C)c1/N=N/c1c(C)nn(-c2cc(-n3nc(C)c(/N=N/c4c(C(=O)OC)cnn4C)c3N)nc(O)n2)c1N. The minimum atomic E-state index is -0.637. The van der Waals surface area contributed by atoms with Crippen LogP contribution in [0.15, 0.2) is 38.9 Å². The summed E-state index contributed by atoms with van der Waals surface area (Å²) in [7, 11) is 5.64. The monoisotopic (exact) mass is 618 g/mol. The molecule has 5 heterocycles. The summed E-state index contributed by atoms with van der Waals surface area (Å²) in [4.78, 5) is 32.2. The van der Waals surface area contributed by atoms with Crippen molar-refractivity contribution in [2.75, 3.05) is 25.7 Å². The molecule has 232 valence electrons. The molecule has 5 rings (SSSR count). The Balaban J connectivity index is 1.50. The van der Waals surface area contributed by atoms with Crippen molar-refractivity contribution in [3.63, 3.8) is 0 Å². The van der Waals surface area contributed by atoms with Gasteiger partial charge in [0.1, 0.15) is 11.1 Å². The first kappa shape index (κ1) is 29.9. The highest BCUT2D eigenvalue weighted by molar-refractivity contribution is 5.94. The molecule has 21 heteroatoms. The van der Waals surface area contributed by atoms with Crippen LogP contribution >= 0.6 is 0 Å². The zero-order valence-corrected chi connectivity index (χ0v) is 24.7. The number of hydrogen-bond donors (Lipinski definition) is 3. The van der Waals surface area contributed by atoms with Crippen LogP contribution < -0.4 is 11.5 Å². The maximum absolute atomic E-state index is 12.1. The number of rotatable bonds is 8. The maximum atomic E-state index is 12.1. The molecular weight excluding hydrogens is 592 g/mol. The number of azo groups is 2. The second-order valence-corrected chi connectivity index (χ2v) is 9.24. The van der Waals surface area contributed by atoms with Crippen molar-refractivity contribution < 1.29 is 24.2 Å². The average Bonchev–Trinajstić information content (AvgIpc) is 3.73. The summed E-state index contributed by atoms with van der Waals surface area (Å²) in [6.07, 6.45) is 2.61. The number of anilines is 2. The number of nitrogens with two attached hydrogens (primary N) is 2. The molecule has 0 radical (unpaired) electrons. The van der Waals surface area contributed by atoms with Crippen LogP contribution in [0.3, 0.4) is 0 Å². The predicted molar refractivity (Wildman–Crippen MR) is 154 cm³/mol. The molecule has 0 atom stereocenters. The lowest BCUT2D eigenvalue weighted by molar-refractivity contribution is 0.0592. The molecule has 45 heavy (non-hydrogen) atoms. The minimum Gasteiger partial charge on any atom is -0.479 e. The smallest absolute Gasteiger partial charge is 0.343 e. The van der Waals surface area contributed by atoms with Crippen LogP contribution in [0.1, 0.15) is 32.1 Å². The molecule has 0 aliphatic rings. The number of nitrogen functional groups attached to an aromatic ring is 2. The lowest BCUT2D eigenvalue weighted by atomic mass is 10.3. The second-order valence-electron chi connectivity index (χ2n) is 9.24. The summed E-state index contributed by atoms with van der Waals surface area (Å²) in [6, 6.07) is 0.782. The van der Waals surface area contributed by atoms with E-state index < -0.39 is 17.9 Å². The van der Waals surface area contributed by atoms with Gasteiger partial charge >= 0.3 is 17.9 Å². The van der Waals surface area contributed by atoms with E-state index in [0.29, 0.717) is 11.4 Å². The van der Waals surface area contributed by atoms with E-state index in [4.69, 9.17) is 20.9 Å². The van der Waals surface area contributed by atoms with Gasteiger partial charge in [-0.25, -0.2) is 19.0 Å². The predicted octanol–water partition coefficient (Wildman–Crippen LogP) is 2.21. The standard InChI is InChI=1S/C24H26N16O5/c1-10-16(31-33-20-12(22(41)44-5)8-27-37(20)3)18(25)39(35-10)14-7-15(30-24(43)29-14)40-19(26)17(11(2)36-40)32-34-21-13(23(42)45-6)9-28-38(21)4/h7-9H,25-26H2,1-6H3,(H,29,30,43)/b33-31+,34-32+. The molecule has 0 aliphatic carbocycles. The first-order valence-electron chi connectivity index (χ1n) is 12.8. The Morgan fingerprint density at radius 2 is 1.16 bits per heavy atom. The fourth-order valence-corrected chi connectivity index (χ4v) is 4.10. The van der Waals surface area contributed by atoms with Crippen molar-refractivity contribution in [1.82, 2.24) is 49.1 Å². The van der Waals surface area contributed by atoms with Crippen molar-refractivity contribution in [1.29, 1.82) is 0 Å². The Morgan fingerprint density at radius 3 is 1.53 bits per heavy atom. The first-order chi connectivity index (χ1) is 21.4. The Kier molecular flexibility index (Phi) is 7.73. The Hall–Kier alpha value is -6.54. The van der Waals surface area contributed by atoms with Gasteiger partial charge in [-0.3, -0.25) is 0 Å². The van der Waals surface area contributed by atoms with E-state index in [1.165, 1.54) is 51.4 Å². The summed E-state index contributed by atoms with van der Waals surface area (Å²) < 4.78 is 14.6. The lowest BCUT2D eigenvalue weighted by Gasteiger charge is -2.07. The Bertz CT molecular complexity index is 1870. The molecule has 5 aromatic heterocycles. The molecule has 0 unspecified atom stereocenters. The van der Waals surface area contributed by atoms with Gasteiger partial charge in [0.05, 0.1) is 38.0 Å². The van der Waals surface area contributed by atoms with Crippen LogP contribution in [-0.4, -0.2) is 80.4 Å². The molecule has 0 saturated carbocycles. The number of esters is 2. The van der Waals surface area contributed by atoms with E-state index in [1.54, 1.807) is 27.9 Å². The van der Waals surface area contributed by atoms with Gasteiger partial charge in [0.2, 0.25) is 0 Å². The first-order valence-corrected chi connectivity index (χ1v) is 12.8. The Morgan fingerprint density at radius 1 is 0.756 bits per heavy atom. The van der Waals surface area contributed by atoms with E-state index in [2.05, 4.69) is 50.8 Å². The van der Waals surface area contributed by atoms with E-state index in [-0.39, 0.29) is 57.4 Å². The van der Waals surface area contributed by atoms with E-state index >= 15 is 0 Å². The lowest BCUT2D eigenvalue weighted by Crippen LogP contribution is -2.09. The summed E-state index contributed by atoms with van der Waals surface area (Å²) in [5.74, 6) is -0.885. The van der Waals surface area contributed by atoms with Gasteiger partial charge in [-0.1, -0.05) is 0 Å². The van der Waals surface area contributed by atoms with Crippen LogP contribution in [0.25, 0.3) is 11.6 Å². The van der Waals surface area contributed by atoms with Crippen molar-refractivity contribution in [3.05, 3.63) is 41.0 Å². The number of methoxy groups -OCH3 is 2. The van der Waals surface area contributed by atoms with Gasteiger partial charge in [-0.2, -0.15) is 39.7 Å². The van der Waals surface area contributed by atoms with Crippen molar-refractivity contribution in [2.45, 2.75) is 13.8 Å². The number of carbonyl (C=O) groups excluding carboxylic acids is 2. The average molecular weight is 619 g/mol. The highest BCUT2D eigenvalue weighted by Gasteiger charge is 2.22. The van der Waals surface area contributed by atoms with Crippen LogP contribution in [0, 0.1) is 13.8 Å². The number of aromatic nitrogens is 10. The number of hydrogen-bond acceptors (Lipinski definition) is 17. The minimum absolute atomic E-state index is 0.0128. The van der Waals surface area contributed by atoms with Gasteiger partial charge < -0.3 is 26.0 Å². The van der Waals surface area contributed by atoms with Crippen molar-refractivity contribution in [2.24, 2.45) is 34.6 Å². The zero-order valence-electron chi connectivity index (χ0n) is 24.7. The molecule has 0 aliphatic heterocycles. The number of aromatic hydroxyl groups is 1. The van der Waals surface area contributed by atoms with Crippen molar-refractivity contribution >= 4 is 46.6 Å². The third kappa shape index (κ3) is 5.39. The van der Waals surface area contributed by atoms with Gasteiger partial charge in [0.25, 0.3) is 0 Å². The normalized spacial score (nSPS) is 11.6. The summed E-state index contributed by atoms with van der Waals surface area (Å²) in [6.45, 7) is 3.27. The van der Waals surface area contributed by atoms with Gasteiger partial charge in [0, 0.05) is 20.2 Å². The highest BCUT2D eigenvalue weighted by atomic mass is 16.5. The Labute approximate surface area is 252 Å². The third-order valence-corrected chi connectivity index (χ3v) is 6.36. The number of nitrogens with zero attached hydrogens (tertiary/aromatic N) is 14. The largest absolute Gasteiger partial charge is 0.479 e. The number of ether oxygens (including phenoxy) is 2. The molecule has 0 amide bonds. The topological polar surface area (TPSA) is 271 Å². The third-order valence-electron chi connectivity index (χ3n) is 6.36. The van der Waals surface area contributed by atoms with Crippen LogP contribution in [-0.2, 0) is 23.6 Å². The summed E-state index contributed by atoms with van der Waals surface area (Å²) in [5.41, 5.74) is 14.0. The van der Waals surface area contributed by atoms with E-state index in [1.807, 2.05) is 0 Å². The van der Waals surface area contributed by atoms with Crippen LogP contribution in [0.5, 0.6) is 6.01 Å². The maximum Gasteiger partial charge on any atom is 0.343 e. The van der Waals surface area contributed by atoms with Crippen LogP contribution in [0.2, 0.25) is 0 Å². The molecule has 0 saturated heterocycles. The molecule has 0 fully saturated rings. The number of carbonyl (C=O) groups is 2. The van der Waals surface area contributed by atoms with Gasteiger partial charge in [0.15, 0.2) is 46.3 Å². The summed E-state index contributed by atoms with van der Waals surface area (Å²) in [5, 5.41) is 43.8. The number of aryl methyl sites for hydroxylation is 4. The molecular formula is C24H26N16O5. The zero-order chi connectivity index (χ0) is 32.6.